The predicted molar refractivity (Wildman–Crippen MR) is 72.0 cm³/mol. The number of nitrogens with two attached hydrogens (primary N) is 1. The molecule has 4 heteroatoms. The van der Waals surface area contributed by atoms with Crippen LogP contribution in [0, 0.1) is 11.3 Å². The maximum atomic E-state index is 12.3. The molecule has 0 saturated heterocycles. The molecule has 0 aromatic carbocycles. The van der Waals surface area contributed by atoms with Gasteiger partial charge in [0.1, 0.15) is 0 Å². The van der Waals surface area contributed by atoms with Crippen molar-refractivity contribution >= 4 is 11.6 Å². The first kappa shape index (κ1) is 13.0. The van der Waals surface area contributed by atoms with Crippen LogP contribution in [0.15, 0.2) is 24.5 Å². The number of hydrogen-bond donors (Lipinski definition) is 2. The molecule has 1 amide bonds. The number of pyridine rings is 1. The zero-order valence-electron chi connectivity index (χ0n) is 10.9. The maximum Gasteiger partial charge on any atom is 0.230 e. The summed E-state index contributed by atoms with van der Waals surface area (Å²) in [5.74, 6) is 0.705. The van der Waals surface area contributed by atoms with Crippen molar-refractivity contribution < 1.29 is 4.79 Å². The highest BCUT2D eigenvalue weighted by Gasteiger charge is 2.37. The minimum atomic E-state index is -0.255. The van der Waals surface area contributed by atoms with Crippen LogP contribution >= 0.6 is 0 Å². The third kappa shape index (κ3) is 2.88. The second kappa shape index (κ2) is 5.48. The Balaban J connectivity index is 1.97. The van der Waals surface area contributed by atoms with Gasteiger partial charge in [-0.05, 0) is 50.3 Å². The third-order valence-corrected chi connectivity index (χ3v) is 4.03. The van der Waals surface area contributed by atoms with Gasteiger partial charge in [0.2, 0.25) is 5.91 Å². The van der Waals surface area contributed by atoms with Gasteiger partial charge in [-0.1, -0.05) is 6.92 Å². The molecular formula is C14H21N3O. The van der Waals surface area contributed by atoms with Gasteiger partial charge >= 0.3 is 0 Å². The molecule has 1 fully saturated rings. The van der Waals surface area contributed by atoms with Gasteiger partial charge in [0.15, 0.2) is 0 Å². The minimum Gasteiger partial charge on any atom is -0.330 e. The lowest BCUT2D eigenvalue weighted by Gasteiger charge is -2.35. The normalized spacial score (nSPS) is 27.8. The van der Waals surface area contributed by atoms with Gasteiger partial charge in [-0.2, -0.15) is 0 Å². The number of nitrogens with zero attached hydrogens (tertiary/aromatic N) is 1. The lowest BCUT2D eigenvalue weighted by atomic mass is 9.71. The summed E-state index contributed by atoms with van der Waals surface area (Å²) < 4.78 is 0. The zero-order chi connectivity index (χ0) is 13.0. The lowest BCUT2D eigenvalue weighted by molar-refractivity contribution is -0.126. The average Bonchev–Trinajstić information content (AvgIpc) is 2.41. The first-order valence-electron chi connectivity index (χ1n) is 6.55. The lowest BCUT2D eigenvalue weighted by Crippen LogP contribution is -2.38. The smallest absolute Gasteiger partial charge is 0.230 e. The molecule has 0 unspecified atom stereocenters. The molecule has 1 aliphatic carbocycles. The fourth-order valence-electron chi connectivity index (χ4n) is 2.49. The van der Waals surface area contributed by atoms with E-state index >= 15 is 0 Å². The van der Waals surface area contributed by atoms with Crippen LogP contribution < -0.4 is 11.1 Å². The highest BCUT2D eigenvalue weighted by Crippen LogP contribution is 2.39. The highest BCUT2D eigenvalue weighted by molar-refractivity contribution is 5.95. The molecule has 4 nitrogen and oxygen atoms in total. The number of carbonyl (C=O) groups excluding carboxylic acids is 1. The van der Waals surface area contributed by atoms with Gasteiger partial charge in [0.05, 0.1) is 0 Å². The van der Waals surface area contributed by atoms with Gasteiger partial charge < -0.3 is 11.1 Å². The summed E-state index contributed by atoms with van der Waals surface area (Å²) in [5, 5.41) is 2.97. The van der Waals surface area contributed by atoms with Crippen LogP contribution in [-0.2, 0) is 4.79 Å². The molecule has 0 radical (unpaired) electrons. The summed E-state index contributed by atoms with van der Waals surface area (Å²) in [6.07, 6.45) is 7.32. The van der Waals surface area contributed by atoms with E-state index in [-0.39, 0.29) is 11.3 Å². The van der Waals surface area contributed by atoms with Crippen molar-refractivity contribution in [3.63, 3.8) is 0 Å². The van der Waals surface area contributed by atoms with E-state index in [0.717, 1.165) is 37.9 Å². The molecule has 2 rings (SSSR count). The SMILES string of the molecule is C[C@]1(C(=O)Nc2ccncc2)CC[C@H](CN)CC1. The summed E-state index contributed by atoms with van der Waals surface area (Å²) in [4.78, 5) is 16.3. The Morgan fingerprint density at radius 3 is 2.61 bits per heavy atom. The van der Waals surface area contributed by atoms with Gasteiger partial charge in [-0.15, -0.1) is 0 Å². The second-order valence-corrected chi connectivity index (χ2v) is 5.43. The number of rotatable bonds is 3. The Morgan fingerprint density at radius 2 is 2.06 bits per heavy atom. The van der Waals surface area contributed by atoms with E-state index in [1.54, 1.807) is 12.4 Å². The molecule has 3 N–H and O–H groups in total. The van der Waals surface area contributed by atoms with E-state index in [9.17, 15) is 4.79 Å². The first-order chi connectivity index (χ1) is 8.64. The van der Waals surface area contributed by atoms with Crippen molar-refractivity contribution in [2.24, 2.45) is 17.1 Å². The second-order valence-electron chi connectivity index (χ2n) is 5.43. The van der Waals surface area contributed by atoms with Crippen molar-refractivity contribution in [2.75, 3.05) is 11.9 Å². The van der Waals surface area contributed by atoms with E-state index < -0.39 is 0 Å². The number of amides is 1. The molecule has 0 aliphatic heterocycles. The van der Waals surface area contributed by atoms with Gasteiger partial charge in [0, 0.05) is 23.5 Å². The minimum absolute atomic E-state index is 0.115. The topological polar surface area (TPSA) is 68.0 Å². The van der Waals surface area contributed by atoms with Crippen LogP contribution in [0.4, 0.5) is 5.69 Å². The molecule has 1 aliphatic rings. The fraction of sp³-hybridized carbons (Fsp3) is 0.571. The molecule has 98 valence electrons. The van der Waals surface area contributed by atoms with Crippen molar-refractivity contribution in [1.82, 2.24) is 4.98 Å². The van der Waals surface area contributed by atoms with E-state index in [2.05, 4.69) is 17.2 Å². The molecule has 0 atom stereocenters. The van der Waals surface area contributed by atoms with E-state index in [4.69, 9.17) is 5.73 Å². The van der Waals surface area contributed by atoms with E-state index in [1.165, 1.54) is 0 Å². The third-order valence-electron chi connectivity index (χ3n) is 4.03. The van der Waals surface area contributed by atoms with Crippen LogP contribution in [0.3, 0.4) is 0 Å². The van der Waals surface area contributed by atoms with E-state index in [1.807, 2.05) is 12.1 Å². The number of hydrogen-bond acceptors (Lipinski definition) is 3. The molecule has 1 heterocycles. The molecule has 1 aromatic rings. The molecule has 0 bridgehead atoms. The van der Waals surface area contributed by atoms with Gasteiger partial charge in [0.25, 0.3) is 0 Å². The summed E-state index contributed by atoms with van der Waals surface area (Å²) >= 11 is 0. The Bertz CT molecular complexity index is 397. The van der Waals surface area contributed by atoms with Crippen molar-refractivity contribution in [3.05, 3.63) is 24.5 Å². The molecular weight excluding hydrogens is 226 g/mol. The molecule has 1 saturated carbocycles. The predicted octanol–water partition coefficient (Wildman–Crippen LogP) is 2.18. The quantitative estimate of drug-likeness (QED) is 0.860. The Morgan fingerprint density at radius 1 is 1.44 bits per heavy atom. The first-order valence-corrected chi connectivity index (χ1v) is 6.55. The fourth-order valence-corrected chi connectivity index (χ4v) is 2.49. The van der Waals surface area contributed by atoms with Gasteiger partial charge in [-0.25, -0.2) is 0 Å². The van der Waals surface area contributed by atoms with Gasteiger partial charge in [-0.3, -0.25) is 9.78 Å². The van der Waals surface area contributed by atoms with Crippen molar-refractivity contribution in [1.29, 1.82) is 0 Å². The van der Waals surface area contributed by atoms with Crippen molar-refractivity contribution in [2.45, 2.75) is 32.6 Å². The number of carbonyl (C=O) groups is 1. The number of nitrogens with one attached hydrogen (secondary N) is 1. The highest BCUT2D eigenvalue weighted by atomic mass is 16.2. The Kier molecular flexibility index (Phi) is 3.97. The number of anilines is 1. The average molecular weight is 247 g/mol. The van der Waals surface area contributed by atoms with Crippen molar-refractivity contribution in [3.8, 4) is 0 Å². The standard InChI is InChI=1S/C14H21N3O/c1-14(6-2-11(10-15)3-7-14)13(18)17-12-4-8-16-9-5-12/h4-5,8-9,11H,2-3,6-7,10,15H2,1H3,(H,16,17,18)/t11-,14-. The Hall–Kier alpha value is -1.42. The summed E-state index contributed by atoms with van der Waals surface area (Å²) in [6.45, 7) is 2.79. The molecule has 18 heavy (non-hydrogen) atoms. The van der Waals surface area contributed by atoms with Crippen LogP contribution in [0.25, 0.3) is 0 Å². The maximum absolute atomic E-state index is 12.3. The summed E-state index contributed by atoms with van der Waals surface area (Å²) in [6, 6.07) is 3.62. The van der Waals surface area contributed by atoms with Crippen LogP contribution in [0.1, 0.15) is 32.6 Å². The van der Waals surface area contributed by atoms with Crippen LogP contribution in [-0.4, -0.2) is 17.4 Å². The molecule has 1 aromatic heterocycles. The monoisotopic (exact) mass is 247 g/mol. The van der Waals surface area contributed by atoms with E-state index in [0.29, 0.717) is 5.92 Å². The number of aromatic nitrogens is 1. The van der Waals surface area contributed by atoms with Crippen LogP contribution in [0.5, 0.6) is 0 Å². The van der Waals surface area contributed by atoms with Crippen LogP contribution in [0.2, 0.25) is 0 Å². The Labute approximate surface area is 108 Å². The summed E-state index contributed by atoms with van der Waals surface area (Å²) in [5.41, 5.74) is 6.25. The largest absolute Gasteiger partial charge is 0.330 e. The summed E-state index contributed by atoms with van der Waals surface area (Å²) in [7, 11) is 0. The zero-order valence-corrected chi connectivity index (χ0v) is 10.9. The molecule has 0 spiro atoms.